The molecule has 0 heterocycles. The van der Waals surface area contributed by atoms with Crippen LogP contribution in [0.3, 0.4) is 0 Å². The van der Waals surface area contributed by atoms with Gasteiger partial charge < -0.3 is 5.11 Å². The normalized spacial score (nSPS) is 12.5. The van der Waals surface area contributed by atoms with Crippen molar-refractivity contribution in [3.63, 3.8) is 0 Å². The quantitative estimate of drug-likeness (QED) is 0.507. The molecule has 0 aliphatic carbocycles. The van der Waals surface area contributed by atoms with Gasteiger partial charge in [-0.15, -0.1) is 0 Å². The van der Waals surface area contributed by atoms with Crippen LogP contribution in [0.5, 0.6) is 0 Å². The van der Waals surface area contributed by atoms with Crippen LogP contribution in [0, 0.1) is 29.1 Å². The van der Waals surface area contributed by atoms with Crippen molar-refractivity contribution in [1.29, 1.82) is 0 Å². The fourth-order valence-electron chi connectivity index (χ4n) is 1.86. The Labute approximate surface area is 121 Å². The van der Waals surface area contributed by atoms with Gasteiger partial charge in [-0.05, 0) is 17.7 Å². The van der Waals surface area contributed by atoms with E-state index in [0.29, 0.717) is 10.6 Å². The lowest BCUT2D eigenvalue weighted by Gasteiger charge is -2.14. The van der Waals surface area contributed by atoms with E-state index in [1.54, 1.807) is 0 Å². The van der Waals surface area contributed by atoms with Crippen molar-refractivity contribution in [2.24, 2.45) is 0 Å². The molecule has 0 saturated carbocycles. The van der Waals surface area contributed by atoms with Crippen LogP contribution in [0.4, 0.5) is 22.0 Å². The molecule has 0 spiro atoms. The van der Waals surface area contributed by atoms with Crippen molar-refractivity contribution in [3.05, 3.63) is 69.5 Å². The summed E-state index contributed by atoms with van der Waals surface area (Å²) in [6.45, 7) is 0. The van der Waals surface area contributed by atoms with Crippen LogP contribution in [0.25, 0.3) is 0 Å². The molecule has 7 heteroatoms. The zero-order valence-electron chi connectivity index (χ0n) is 10.3. The molecule has 0 aromatic heterocycles. The number of halogens is 6. The van der Waals surface area contributed by atoms with Gasteiger partial charge in [-0.3, -0.25) is 0 Å². The Morgan fingerprint density at radius 3 is 1.71 bits per heavy atom. The number of hydrogen-bond acceptors (Lipinski definition) is 1. The van der Waals surface area contributed by atoms with E-state index in [4.69, 9.17) is 11.6 Å². The Morgan fingerprint density at radius 2 is 1.24 bits per heavy atom. The highest BCUT2D eigenvalue weighted by Crippen LogP contribution is 2.29. The van der Waals surface area contributed by atoms with E-state index in [2.05, 4.69) is 0 Å². The summed E-state index contributed by atoms with van der Waals surface area (Å²) in [6, 6.07) is 5.89. The van der Waals surface area contributed by atoms with Gasteiger partial charge in [0, 0.05) is 11.4 Å². The van der Waals surface area contributed by atoms with Gasteiger partial charge in [-0.1, -0.05) is 23.7 Å². The highest BCUT2D eigenvalue weighted by molar-refractivity contribution is 6.30. The highest BCUT2D eigenvalue weighted by atomic mass is 35.5. The fraction of sp³-hybridized carbons (Fsp3) is 0.143. The van der Waals surface area contributed by atoms with Crippen molar-refractivity contribution in [2.45, 2.75) is 12.5 Å². The van der Waals surface area contributed by atoms with Gasteiger partial charge in [-0.25, -0.2) is 22.0 Å². The van der Waals surface area contributed by atoms with Gasteiger partial charge in [0.2, 0.25) is 5.82 Å². The topological polar surface area (TPSA) is 20.2 Å². The number of benzene rings is 2. The van der Waals surface area contributed by atoms with Gasteiger partial charge in [0.15, 0.2) is 23.3 Å². The summed E-state index contributed by atoms with van der Waals surface area (Å²) >= 11 is 5.65. The Hall–Kier alpha value is -1.66. The second-order valence-corrected chi connectivity index (χ2v) is 4.77. The summed E-state index contributed by atoms with van der Waals surface area (Å²) in [5.41, 5.74) is -0.822. The van der Waals surface area contributed by atoms with Crippen molar-refractivity contribution in [1.82, 2.24) is 0 Å². The van der Waals surface area contributed by atoms with Gasteiger partial charge in [0.05, 0.1) is 11.7 Å². The number of hydrogen-bond donors (Lipinski definition) is 1. The molecular weight excluding hydrogens is 315 g/mol. The molecule has 2 aromatic rings. The molecule has 1 unspecified atom stereocenters. The maximum Gasteiger partial charge on any atom is 0.200 e. The lowest BCUT2D eigenvalue weighted by atomic mass is 10.00. The van der Waals surface area contributed by atoms with Crippen LogP contribution in [-0.2, 0) is 6.42 Å². The summed E-state index contributed by atoms with van der Waals surface area (Å²) in [4.78, 5) is 0. The first-order valence-electron chi connectivity index (χ1n) is 5.76. The molecule has 21 heavy (non-hydrogen) atoms. The first-order chi connectivity index (χ1) is 9.82. The van der Waals surface area contributed by atoms with Gasteiger partial charge in [0.1, 0.15) is 0 Å². The molecule has 0 aliphatic heterocycles. The van der Waals surface area contributed by atoms with Crippen LogP contribution in [0.1, 0.15) is 17.2 Å². The van der Waals surface area contributed by atoms with Crippen molar-refractivity contribution in [2.75, 3.05) is 0 Å². The summed E-state index contributed by atoms with van der Waals surface area (Å²) in [7, 11) is 0. The molecule has 0 saturated heterocycles. The summed E-state index contributed by atoms with van der Waals surface area (Å²) < 4.78 is 66.1. The van der Waals surface area contributed by atoms with Crippen LogP contribution in [-0.4, -0.2) is 5.11 Å². The van der Waals surface area contributed by atoms with Gasteiger partial charge >= 0.3 is 0 Å². The largest absolute Gasteiger partial charge is 0.388 e. The average molecular weight is 323 g/mol. The van der Waals surface area contributed by atoms with Crippen LogP contribution in [0.15, 0.2) is 24.3 Å². The molecule has 0 amide bonds. The molecular formula is C14H8ClF5O. The van der Waals surface area contributed by atoms with Crippen LogP contribution < -0.4 is 0 Å². The summed E-state index contributed by atoms with van der Waals surface area (Å²) in [5, 5.41) is 10.2. The molecule has 1 N–H and O–H groups in total. The number of aliphatic hydroxyl groups excluding tert-OH is 1. The Balaban J connectivity index is 2.39. The van der Waals surface area contributed by atoms with Crippen LogP contribution in [0.2, 0.25) is 5.02 Å². The zero-order chi connectivity index (χ0) is 15.7. The minimum atomic E-state index is -2.26. The first-order valence-corrected chi connectivity index (χ1v) is 6.14. The lowest BCUT2D eigenvalue weighted by molar-refractivity contribution is 0.164. The maximum absolute atomic E-state index is 13.5. The third kappa shape index (κ3) is 3.01. The molecule has 0 bridgehead atoms. The van der Waals surface area contributed by atoms with E-state index in [9.17, 15) is 27.1 Å². The second-order valence-electron chi connectivity index (χ2n) is 4.33. The van der Waals surface area contributed by atoms with E-state index >= 15 is 0 Å². The maximum atomic E-state index is 13.5. The predicted molar refractivity (Wildman–Crippen MR) is 66.3 cm³/mol. The minimum Gasteiger partial charge on any atom is -0.388 e. The molecule has 0 aliphatic rings. The molecule has 1 atom stereocenters. The fourth-order valence-corrected chi connectivity index (χ4v) is 1.99. The molecule has 112 valence electrons. The third-order valence-electron chi connectivity index (χ3n) is 2.92. The lowest BCUT2D eigenvalue weighted by Crippen LogP contribution is -2.13. The SMILES string of the molecule is OC(Cc1ccc(Cl)cc1)c1c(F)c(F)c(F)c(F)c1F. The third-order valence-corrected chi connectivity index (χ3v) is 3.17. The number of rotatable bonds is 3. The zero-order valence-corrected chi connectivity index (χ0v) is 11.1. The molecule has 2 aromatic carbocycles. The van der Waals surface area contributed by atoms with E-state index in [1.165, 1.54) is 24.3 Å². The summed E-state index contributed by atoms with van der Waals surface area (Å²) in [5.74, 6) is -10.5. The highest BCUT2D eigenvalue weighted by Gasteiger charge is 2.29. The Bertz CT molecular complexity index is 643. The predicted octanol–water partition coefficient (Wildman–Crippen LogP) is 4.31. The molecule has 1 nitrogen and oxygen atoms in total. The second kappa shape index (κ2) is 5.99. The van der Waals surface area contributed by atoms with E-state index in [-0.39, 0.29) is 6.42 Å². The minimum absolute atomic E-state index is 0.324. The van der Waals surface area contributed by atoms with Gasteiger partial charge in [-0.2, -0.15) is 0 Å². The van der Waals surface area contributed by atoms with E-state index in [1.807, 2.05) is 0 Å². The van der Waals surface area contributed by atoms with Gasteiger partial charge in [0.25, 0.3) is 0 Å². The van der Waals surface area contributed by atoms with Crippen molar-refractivity contribution in [3.8, 4) is 0 Å². The standard InChI is InChI=1S/C14H8ClF5O/c15-7-3-1-6(2-4-7)5-8(21)9-10(16)12(18)14(20)13(19)11(9)17/h1-4,8,21H,5H2. The number of aliphatic hydroxyl groups is 1. The Kier molecular flexibility index (Phi) is 4.49. The molecule has 2 rings (SSSR count). The smallest absolute Gasteiger partial charge is 0.200 e. The summed E-state index contributed by atoms with van der Waals surface area (Å²) in [6.07, 6.45) is -2.20. The van der Waals surface area contributed by atoms with E-state index in [0.717, 1.165) is 0 Å². The molecule has 0 radical (unpaired) electrons. The molecule has 0 fully saturated rings. The van der Waals surface area contributed by atoms with Crippen LogP contribution >= 0.6 is 11.6 Å². The van der Waals surface area contributed by atoms with Crippen molar-refractivity contribution < 1.29 is 27.1 Å². The van der Waals surface area contributed by atoms with Crippen molar-refractivity contribution >= 4 is 11.6 Å². The van der Waals surface area contributed by atoms with E-state index < -0.39 is 40.8 Å². The monoisotopic (exact) mass is 322 g/mol. The Morgan fingerprint density at radius 1 is 0.810 bits per heavy atom. The average Bonchev–Trinajstić information content (AvgIpc) is 2.46. The first kappa shape index (κ1) is 15.7.